The zero-order valence-corrected chi connectivity index (χ0v) is 12.5. The number of hydrogen-bond donors (Lipinski definition) is 0. The molecule has 1 atom stereocenters. The number of hydrogen-bond acceptors (Lipinski definition) is 4. The molecule has 0 aliphatic rings. The highest BCUT2D eigenvalue weighted by molar-refractivity contribution is 9.09. The molecule has 0 amide bonds. The van der Waals surface area contributed by atoms with Gasteiger partial charge in [0.15, 0.2) is 0 Å². The SMILES string of the molecule is CCOC(=O)c1ccc(C(=O)OC(CBr)C(F)(F)F)cc1. The van der Waals surface area contributed by atoms with Gasteiger partial charge in [-0.05, 0) is 31.2 Å². The van der Waals surface area contributed by atoms with Gasteiger partial charge in [-0.3, -0.25) is 0 Å². The van der Waals surface area contributed by atoms with Crippen LogP contribution in [0.25, 0.3) is 0 Å². The van der Waals surface area contributed by atoms with Crippen LogP contribution in [0.3, 0.4) is 0 Å². The second-order valence-electron chi connectivity index (χ2n) is 3.89. The number of rotatable bonds is 5. The number of alkyl halides is 4. The summed E-state index contributed by atoms with van der Waals surface area (Å²) in [5, 5.41) is -0.552. The molecule has 116 valence electrons. The minimum atomic E-state index is -4.65. The van der Waals surface area contributed by atoms with Crippen LogP contribution in [0.5, 0.6) is 0 Å². The van der Waals surface area contributed by atoms with Gasteiger partial charge in [0.05, 0.1) is 17.7 Å². The van der Waals surface area contributed by atoms with Crippen LogP contribution in [-0.4, -0.2) is 36.2 Å². The van der Waals surface area contributed by atoms with Crippen molar-refractivity contribution in [3.8, 4) is 0 Å². The van der Waals surface area contributed by atoms with Gasteiger partial charge in [0.2, 0.25) is 6.10 Å². The Labute approximate surface area is 127 Å². The van der Waals surface area contributed by atoms with Gasteiger partial charge in [0.25, 0.3) is 0 Å². The Morgan fingerprint density at radius 1 is 1.14 bits per heavy atom. The lowest BCUT2D eigenvalue weighted by molar-refractivity contribution is -0.196. The first kappa shape index (κ1) is 17.5. The van der Waals surface area contributed by atoms with E-state index in [4.69, 9.17) is 4.74 Å². The third-order valence-electron chi connectivity index (χ3n) is 2.39. The molecular formula is C13H12BrF3O4. The van der Waals surface area contributed by atoms with E-state index in [1.54, 1.807) is 6.92 Å². The van der Waals surface area contributed by atoms with Crippen molar-refractivity contribution < 1.29 is 32.2 Å². The van der Waals surface area contributed by atoms with Gasteiger partial charge >= 0.3 is 18.1 Å². The van der Waals surface area contributed by atoms with Crippen molar-refractivity contribution in [1.82, 2.24) is 0 Å². The lowest BCUT2D eigenvalue weighted by Crippen LogP contribution is -2.35. The summed E-state index contributed by atoms with van der Waals surface area (Å²) in [7, 11) is 0. The first-order valence-corrected chi connectivity index (χ1v) is 7.02. The van der Waals surface area contributed by atoms with Gasteiger partial charge in [-0.1, -0.05) is 15.9 Å². The molecule has 0 spiro atoms. The van der Waals surface area contributed by atoms with E-state index < -0.39 is 29.5 Å². The van der Waals surface area contributed by atoms with Crippen LogP contribution in [0.4, 0.5) is 13.2 Å². The Kier molecular flexibility index (Phi) is 6.19. The van der Waals surface area contributed by atoms with E-state index in [9.17, 15) is 22.8 Å². The van der Waals surface area contributed by atoms with Crippen LogP contribution >= 0.6 is 15.9 Å². The molecule has 1 unspecified atom stereocenters. The van der Waals surface area contributed by atoms with Crippen LogP contribution in [0.1, 0.15) is 27.6 Å². The maximum atomic E-state index is 12.5. The monoisotopic (exact) mass is 368 g/mol. The van der Waals surface area contributed by atoms with Crippen LogP contribution in [0.15, 0.2) is 24.3 Å². The molecule has 0 saturated carbocycles. The molecule has 1 aromatic rings. The summed E-state index contributed by atoms with van der Waals surface area (Å²) in [6, 6.07) is 4.98. The Morgan fingerprint density at radius 3 is 2.00 bits per heavy atom. The fourth-order valence-electron chi connectivity index (χ4n) is 1.34. The van der Waals surface area contributed by atoms with Crippen LogP contribution < -0.4 is 0 Å². The maximum absolute atomic E-state index is 12.5. The van der Waals surface area contributed by atoms with Gasteiger partial charge < -0.3 is 9.47 Å². The molecule has 1 rings (SSSR count). The number of esters is 2. The van der Waals surface area contributed by atoms with Crippen molar-refractivity contribution in [1.29, 1.82) is 0 Å². The van der Waals surface area contributed by atoms with E-state index in [2.05, 4.69) is 20.7 Å². The van der Waals surface area contributed by atoms with Crippen molar-refractivity contribution in [3.05, 3.63) is 35.4 Å². The van der Waals surface area contributed by atoms with E-state index in [1.807, 2.05) is 0 Å². The molecule has 0 bridgehead atoms. The average molecular weight is 369 g/mol. The quantitative estimate of drug-likeness (QED) is 0.590. The highest BCUT2D eigenvalue weighted by Crippen LogP contribution is 2.25. The molecule has 1 aromatic carbocycles. The topological polar surface area (TPSA) is 52.6 Å². The van der Waals surface area contributed by atoms with E-state index in [1.165, 1.54) is 24.3 Å². The zero-order valence-electron chi connectivity index (χ0n) is 10.9. The maximum Gasteiger partial charge on any atom is 0.426 e. The van der Waals surface area contributed by atoms with Gasteiger partial charge in [-0.15, -0.1) is 0 Å². The second-order valence-corrected chi connectivity index (χ2v) is 4.54. The highest BCUT2D eigenvalue weighted by atomic mass is 79.9. The predicted molar refractivity (Wildman–Crippen MR) is 71.5 cm³/mol. The first-order valence-electron chi connectivity index (χ1n) is 5.90. The summed E-state index contributed by atoms with van der Waals surface area (Å²) in [6.45, 7) is 1.84. The molecule has 0 heterocycles. The van der Waals surface area contributed by atoms with E-state index in [0.29, 0.717) is 0 Å². The van der Waals surface area contributed by atoms with Crippen molar-refractivity contribution in [3.63, 3.8) is 0 Å². The fourth-order valence-corrected chi connectivity index (χ4v) is 1.84. The van der Waals surface area contributed by atoms with Gasteiger partial charge in [-0.25, -0.2) is 9.59 Å². The largest absolute Gasteiger partial charge is 0.462 e. The second kappa shape index (κ2) is 7.44. The van der Waals surface area contributed by atoms with Crippen LogP contribution in [0, 0.1) is 0 Å². The molecule has 21 heavy (non-hydrogen) atoms. The van der Waals surface area contributed by atoms with Crippen molar-refractivity contribution in [2.24, 2.45) is 0 Å². The summed E-state index contributed by atoms with van der Waals surface area (Å²) in [5.41, 5.74) is 0.111. The van der Waals surface area contributed by atoms with Crippen LogP contribution in [0.2, 0.25) is 0 Å². The third-order valence-corrected chi connectivity index (χ3v) is 2.97. The molecule has 0 saturated heterocycles. The molecule has 0 fully saturated rings. The summed E-state index contributed by atoms with van der Waals surface area (Å²) >= 11 is 2.64. The Balaban J connectivity index is 2.78. The van der Waals surface area contributed by atoms with Gasteiger partial charge in [0, 0.05) is 5.33 Å². The lowest BCUT2D eigenvalue weighted by atomic mass is 10.1. The number of halogens is 4. The molecule has 8 heteroatoms. The first-order chi connectivity index (χ1) is 9.79. The molecule has 0 N–H and O–H groups in total. The van der Waals surface area contributed by atoms with Gasteiger partial charge in [-0.2, -0.15) is 13.2 Å². The average Bonchev–Trinajstić information content (AvgIpc) is 2.43. The van der Waals surface area contributed by atoms with E-state index >= 15 is 0 Å². The summed E-state index contributed by atoms with van der Waals surface area (Å²) in [5.74, 6) is -1.70. The molecular weight excluding hydrogens is 357 g/mol. The van der Waals surface area contributed by atoms with Crippen molar-refractivity contribution >= 4 is 27.9 Å². The lowest BCUT2D eigenvalue weighted by Gasteiger charge is -2.18. The third kappa shape index (κ3) is 5.04. The zero-order chi connectivity index (χ0) is 16.0. The van der Waals surface area contributed by atoms with E-state index in [-0.39, 0.29) is 17.7 Å². The molecule has 0 aliphatic heterocycles. The number of benzene rings is 1. The fraction of sp³-hybridized carbons (Fsp3) is 0.385. The molecule has 0 aromatic heterocycles. The minimum absolute atomic E-state index is 0.0850. The van der Waals surface area contributed by atoms with Crippen molar-refractivity contribution in [2.45, 2.75) is 19.2 Å². The molecule has 0 radical (unpaired) electrons. The Hall–Kier alpha value is -1.57. The minimum Gasteiger partial charge on any atom is -0.462 e. The van der Waals surface area contributed by atoms with Crippen LogP contribution in [-0.2, 0) is 9.47 Å². The van der Waals surface area contributed by atoms with Crippen molar-refractivity contribution in [2.75, 3.05) is 11.9 Å². The summed E-state index contributed by atoms with van der Waals surface area (Å²) in [4.78, 5) is 23.0. The Morgan fingerprint density at radius 2 is 1.62 bits per heavy atom. The van der Waals surface area contributed by atoms with Gasteiger partial charge in [0.1, 0.15) is 0 Å². The number of ether oxygens (including phenoxy) is 2. The highest BCUT2D eigenvalue weighted by Gasteiger charge is 2.42. The van der Waals surface area contributed by atoms with E-state index in [0.717, 1.165) is 0 Å². The predicted octanol–water partition coefficient (Wildman–Crippen LogP) is 3.35. The Bertz CT molecular complexity index is 499. The summed E-state index contributed by atoms with van der Waals surface area (Å²) < 4.78 is 46.6. The molecule has 0 aliphatic carbocycles. The summed E-state index contributed by atoms with van der Waals surface area (Å²) in [6.07, 6.45) is -6.88. The number of carbonyl (C=O) groups is 2. The number of carbonyl (C=O) groups excluding carboxylic acids is 2. The molecule has 4 nitrogen and oxygen atoms in total. The normalized spacial score (nSPS) is 12.6. The smallest absolute Gasteiger partial charge is 0.426 e. The standard InChI is InChI=1S/C13H12BrF3O4/c1-2-20-11(18)8-3-5-9(6-4-8)12(19)21-10(7-14)13(15,16)17/h3-6,10H,2,7H2,1H3.